The van der Waals surface area contributed by atoms with Crippen molar-refractivity contribution in [2.75, 3.05) is 12.3 Å². The quantitative estimate of drug-likeness (QED) is 0.543. The Balaban J connectivity index is 2.51. The molecule has 0 bridgehead atoms. The van der Waals surface area contributed by atoms with Crippen LogP contribution in [0.2, 0.25) is 0 Å². The van der Waals surface area contributed by atoms with Crippen molar-refractivity contribution in [1.29, 1.82) is 0 Å². The summed E-state index contributed by atoms with van der Waals surface area (Å²) in [6, 6.07) is 3.53. The summed E-state index contributed by atoms with van der Waals surface area (Å²) in [5.41, 5.74) is 6.16. The Morgan fingerprint density at radius 3 is 3.17 bits per heavy atom. The van der Waals surface area contributed by atoms with Gasteiger partial charge >= 0.3 is 0 Å². The predicted molar refractivity (Wildman–Crippen MR) is 49.0 cm³/mol. The van der Waals surface area contributed by atoms with E-state index in [1.165, 1.54) is 0 Å². The minimum atomic E-state index is 0.499. The number of pyridine rings is 1. The number of hydrogen-bond donors (Lipinski definition) is 1. The topological polar surface area (TPSA) is 48.1 Å². The lowest BCUT2D eigenvalue weighted by molar-refractivity contribution is 0.314. The van der Waals surface area contributed by atoms with Crippen molar-refractivity contribution in [2.45, 2.75) is 6.42 Å². The van der Waals surface area contributed by atoms with Crippen molar-refractivity contribution >= 4 is 5.69 Å². The zero-order chi connectivity index (χ0) is 8.81. The first kappa shape index (κ1) is 8.59. The van der Waals surface area contributed by atoms with E-state index in [0.29, 0.717) is 18.2 Å². The van der Waals surface area contributed by atoms with Gasteiger partial charge in [-0.15, -0.1) is 6.58 Å². The smallest absolute Gasteiger partial charge is 0.237 e. The van der Waals surface area contributed by atoms with Crippen molar-refractivity contribution < 1.29 is 4.74 Å². The third kappa shape index (κ3) is 2.27. The molecule has 3 heteroatoms. The first-order valence-electron chi connectivity index (χ1n) is 3.79. The van der Waals surface area contributed by atoms with Crippen LogP contribution in [0, 0.1) is 0 Å². The maximum absolute atomic E-state index is 5.59. The molecule has 0 amide bonds. The van der Waals surface area contributed by atoms with Gasteiger partial charge in [0, 0.05) is 6.20 Å². The molecule has 2 N–H and O–H groups in total. The van der Waals surface area contributed by atoms with Gasteiger partial charge in [0.2, 0.25) is 5.88 Å². The van der Waals surface area contributed by atoms with Crippen molar-refractivity contribution in [3.05, 3.63) is 31.0 Å². The number of ether oxygens (including phenoxy) is 1. The number of rotatable bonds is 4. The highest BCUT2D eigenvalue weighted by atomic mass is 16.5. The van der Waals surface area contributed by atoms with Gasteiger partial charge in [0.1, 0.15) is 0 Å². The highest BCUT2D eigenvalue weighted by Gasteiger charge is 1.97. The standard InChI is InChI=1S/C9H12N2O/c1-2-3-7-12-9-8(10)5-4-6-11-9/h2,4-6H,1,3,7,10H2. The minimum absolute atomic E-state index is 0.499. The average molecular weight is 164 g/mol. The zero-order valence-corrected chi connectivity index (χ0v) is 6.86. The Morgan fingerprint density at radius 1 is 1.67 bits per heavy atom. The molecule has 0 aromatic carbocycles. The normalized spacial score (nSPS) is 9.33. The van der Waals surface area contributed by atoms with Crippen molar-refractivity contribution in [3.8, 4) is 5.88 Å². The van der Waals surface area contributed by atoms with Gasteiger partial charge in [0.15, 0.2) is 0 Å². The molecule has 1 heterocycles. The van der Waals surface area contributed by atoms with Crippen molar-refractivity contribution in [1.82, 2.24) is 4.98 Å². The van der Waals surface area contributed by atoms with Crippen LogP contribution >= 0.6 is 0 Å². The van der Waals surface area contributed by atoms with E-state index < -0.39 is 0 Å². The molecule has 12 heavy (non-hydrogen) atoms. The van der Waals surface area contributed by atoms with Gasteiger partial charge < -0.3 is 10.5 Å². The van der Waals surface area contributed by atoms with E-state index in [1.807, 2.05) is 0 Å². The highest BCUT2D eigenvalue weighted by molar-refractivity contribution is 5.46. The molecule has 0 atom stereocenters. The molecule has 64 valence electrons. The maximum Gasteiger partial charge on any atom is 0.237 e. The number of nitrogens with two attached hydrogens (primary N) is 1. The summed E-state index contributed by atoms with van der Waals surface area (Å²) < 4.78 is 5.27. The lowest BCUT2D eigenvalue weighted by Gasteiger charge is -2.04. The van der Waals surface area contributed by atoms with Gasteiger partial charge in [-0.25, -0.2) is 4.98 Å². The summed E-state index contributed by atoms with van der Waals surface area (Å²) in [6.07, 6.45) is 4.24. The monoisotopic (exact) mass is 164 g/mol. The van der Waals surface area contributed by atoms with Crippen LogP contribution in [0.15, 0.2) is 31.0 Å². The second-order valence-corrected chi connectivity index (χ2v) is 2.32. The summed E-state index contributed by atoms with van der Waals surface area (Å²) in [6.45, 7) is 4.16. The molecule has 0 fully saturated rings. The molecule has 0 saturated carbocycles. The molecule has 0 aliphatic carbocycles. The number of anilines is 1. The summed E-state index contributed by atoms with van der Waals surface area (Å²) >= 11 is 0. The second-order valence-electron chi connectivity index (χ2n) is 2.32. The first-order chi connectivity index (χ1) is 5.84. The van der Waals surface area contributed by atoms with Crippen LogP contribution in [-0.2, 0) is 0 Å². The fourth-order valence-corrected chi connectivity index (χ4v) is 0.763. The fourth-order valence-electron chi connectivity index (χ4n) is 0.763. The molecular formula is C9H12N2O. The minimum Gasteiger partial charge on any atom is -0.476 e. The summed E-state index contributed by atoms with van der Waals surface area (Å²) in [5.74, 6) is 0.499. The molecule has 1 aromatic heterocycles. The van der Waals surface area contributed by atoms with Crippen LogP contribution in [0.4, 0.5) is 5.69 Å². The van der Waals surface area contributed by atoms with E-state index >= 15 is 0 Å². The van der Waals surface area contributed by atoms with E-state index in [0.717, 1.165) is 6.42 Å². The lowest BCUT2D eigenvalue weighted by Crippen LogP contribution is -2.00. The van der Waals surface area contributed by atoms with Gasteiger partial charge in [0.05, 0.1) is 12.3 Å². The third-order valence-corrected chi connectivity index (χ3v) is 1.36. The second kappa shape index (κ2) is 4.38. The van der Waals surface area contributed by atoms with Gasteiger partial charge in [-0.2, -0.15) is 0 Å². The molecule has 0 saturated heterocycles. The molecular weight excluding hydrogens is 152 g/mol. The molecule has 1 rings (SSSR count). The van der Waals surface area contributed by atoms with Crippen LogP contribution in [0.3, 0.4) is 0 Å². The summed E-state index contributed by atoms with van der Waals surface area (Å²) in [4.78, 5) is 3.97. The molecule has 1 aromatic rings. The largest absolute Gasteiger partial charge is 0.476 e. The maximum atomic E-state index is 5.59. The number of nitrogens with zero attached hydrogens (tertiary/aromatic N) is 1. The third-order valence-electron chi connectivity index (χ3n) is 1.36. The average Bonchev–Trinajstić information content (AvgIpc) is 2.09. The van der Waals surface area contributed by atoms with Gasteiger partial charge in [-0.3, -0.25) is 0 Å². The molecule has 0 unspecified atom stereocenters. The Bertz CT molecular complexity index is 260. The Morgan fingerprint density at radius 2 is 2.50 bits per heavy atom. The predicted octanol–water partition coefficient (Wildman–Crippen LogP) is 1.62. The van der Waals surface area contributed by atoms with E-state index in [2.05, 4.69) is 11.6 Å². The molecule has 0 aliphatic rings. The van der Waals surface area contributed by atoms with Crippen LogP contribution in [0.5, 0.6) is 5.88 Å². The summed E-state index contributed by atoms with van der Waals surface area (Å²) in [5, 5.41) is 0. The number of hydrogen-bond acceptors (Lipinski definition) is 3. The molecule has 0 aliphatic heterocycles. The van der Waals surface area contributed by atoms with Crippen molar-refractivity contribution in [2.24, 2.45) is 0 Å². The van der Waals surface area contributed by atoms with E-state index in [-0.39, 0.29) is 0 Å². The van der Waals surface area contributed by atoms with E-state index in [9.17, 15) is 0 Å². The van der Waals surface area contributed by atoms with Crippen LogP contribution in [-0.4, -0.2) is 11.6 Å². The van der Waals surface area contributed by atoms with E-state index in [4.69, 9.17) is 10.5 Å². The van der Waals surface area contributed by atoms with E-state index in [1.54, 1.807) is 24.4 Å². The first-order valence-corrected chi connectivity index (χ1v) is 3.79. The zero-order valence-electron chi connectivity index (χ0n) is 6.86. The van der Waals surface area contributed by atoms with Gasteiger partial charge in [0.25, 0.3) is 0 Å². The van der Waals surface area contributed by atoms with Crippen molar-refractivity contribution in [3.63, 3.8) is 0 Å². The van der Waals surface area contributed by atoms with Crippen LogP contribution in [0.1, 0.15) is 6.42 Å². The Kier molecular flexibility index (Phi) is 3.14. The fraction of sp³-hybridized carbons (Fsp3) is 0.222. The van der Waals surface area contributed by atoms with Crippen LogP contribution < -0.4 is 10.5 Å². The number of nitrogen functional groups attached to an aromatic ring is 1. The number of aromatic nitrogens is 1. The molecule has 0 radical (unpaired) electrons. The SMILES string of the molecule is C=CCCOc1ncccc1N. The Hall–Kier alpha value is -1.51. The highest BCUT2D eigenvalue weighted by Crippen LogP contribution is 2.15. The summed E-state index contributed by atoms with van der Waals surface area (Å²) in [7, 11) is 0. The Labute approximate surface area is 71.9 Å². The van der Waals surface area contributed by atoms with Crippen LogP contribution in [0.25, 0.3) is 0 Å². The lowest BCUT2D eigenvalue weighted by atomic mass is 10.4. The molecule has 0 spiro atoms. The molecule has 3 nitrogen and oxygen atoms in total. The van der Waals surface area contributed by atoms with Gasteiger partial charge in [-0.1, -0.05) is 6.08 Å². The van der Waals surface area contributed by atoms with Gasteiger partial charge in [-0.05, 0) is 18.6 Å².